The van der Waals surface area contributed by atoms with E-state index in [-0.39, 0.29) is 0 Å². The number of likely N-dealkylation sites (N-methyl/N-ethyl adjacent to an activating group) is 1. The van der Waals surface area contributed by atoms with E-state index in [1.165, 1.54) is 5.56 Å². The maximum Gasteiger partial charge on any atom is 0.0408 e. The summed E-state index contributed by atoms with van der Waals surface area (Å²) in [5.41, 5.74) is 1.31. The minimum absolute atomic E-state index is 0.536. The zero-order valence-electron chi connectivity index (χ0n) is 8.42. The van der Waals surface area contributed by atoms with Crippen molar-refractivity contribution in [2.45, 2.75) is 12.8 Å². The van der Waals surface area contributed by atoms with E-state index in [4.69, 9.17) is 11.6 Å². The van der Waals surface area contributed by atoms with Crippen molar-refractivity contribution in [3.05, 3.63) is 34.9 Å². The van der Waals surface area contributed by atoms with Crippen LogP contribution in [0.1, 0.15) is 18.4 Å². The summed E-state index contributed by atoms with van der Waals surface area (Å²) in [5, 5.41) is 0.822. The Bertz CT molecular complexity index is 271. The summed E-state index contributed by atoms with van der Waals surface area (Å²) in [7, 11) is 4.17. The molecule has 0 saturated heterocycles. The van der Waals surface area contributed by atoms with Gasteiger partial charge in [0.25, 0.3) is 0 Å². The highest BCUT2D eigenvalue weighted by Gasteiger charge is 2.06. The molecule has 1 aromatic carbocycles. The van der Waals surface area contributed by atoms with Crippen molar-refractivity contribution >= 4 is 11.6 Å². The van der Waals surface area contributed by atoms with Crippen LogP contribution in [0.5, 0.6) is 0 Å². The molecule has 0 amide bonds. The number of nitrogens with zero attached hydrogens (tertiary/aromatic N) is 1. The van der Waals surface area contributed by atoms with E-state index in [0.717, 1.165) is 11.6 Å². The monoisotopic (exact) mass is 197 g/mol. The van der Waals surface area contributed by atoms with Gasteiger partial charge in [0.2, 0.25) is 0 Å². The number of hydrogen-bond donors (Lipinski definition) is 0. The van der Waals surface area contributed by atoms with Gasteiger partial charge >= 0.3 is 0 Å². The van der Waals surface area contributed by atoms with Gasteiger partial charge in [-0.1, -0.05) is 30.7 Å². The normalized spacial score (nSPS) is 13.3. The molecule has 0 heterocycles. The SMILES string of the molecule is CC(CN(C)C)c1cccc(Cl)c1. The lowest BCUT2D eigenvalue weighted by Crippen LogP contribution is -2.18. The second-order valence-electron chi connectivity index (χ2n) is 3.72. The van der Waals surface area contributed by atoms with Crippen molar-refractivity contribution in [2.75, 3.05) is 20.6 Å². The molecule has 0 aromatic heterocycles. The van der Waals surface area contributed by atoms with E-state index in [0.29, 0.717) is 5.92 Å². The molecule has 1 aromatic rings. The van der Waals surface area contributed by atoms with E-state index in [1.54, 1.807) is 0 Å². The molecular formula is C11H16ClN. The fraction of sp³-hybridized carbons (Fsp3) is 0.455. The average Bonchev–Trinajstić information content (AvgIpc) is 2.03. The van der Waals surface area contributed by atoms with E-state index >= 15 is 0 Å². The molecule has 2 heteroatoms. The molecule has 0 N–H and O–H groups in total. The van der Waals surface area contributed by atoms with Gasteiger partial charge in [0.1, 0.15) is 0 Å². The van der Waals surface area contributed by atoms with Crippen molar-refractivity contribution in [2.24, 2.45) is 0 Å². The largest absolute Gasteiger partial charge is 0.309 e. The predicted octanol–water partition coefficient (Wildman–Crippen LogP) is 3.01. The first-order chi connectivity index (χ1) is 6.09. The molecule has 13 heavy (non-hydrogen) atoms. The van der Waals surface area contributed by atoms with Crippen molar-refractivity contribution in [1.82, 2.24) is 4.90 Å². The second kappa shape index (κ2) is 4.64. The van der Waals surface area contributed by atoms with Crippen LogP contribution in [-0.2, 0) is 0 Å². The maximum atomic E-state index is 5.91. The molecule has 1 unspecified atom stereocenters. The van der Waals surface area contributed by atoms with E-state index < -0.39 is 0 Å². The minimum atomic E-state index is 0.536. The fourth-order valence-corrected chi connectivity index (χ4v) is 1.66. The summed E-state index contributed by atoms with van der Waals surface area (Å²) >= 11 is 5.91. The van der Waals surface area contributed by atoms with Crippen LogP contribution in [0, 0.1) is 0 Å². The molecular weight excluding hydrogens is 182 g/mol. The Labute approximate surface area is 85.3 Å². The van der Waals surface area contributed by atoms with Crippen molar-refractivity contribution in [3.8, 4) is 0 Å². The molecule has 0 aliphatic heterocycles. The van der Waals surface area contributed by atoms with Gasteiger partial charge in [-0.25, -0.2) is 0 Å². The Morgan fingerprint density at radius 1 is 1.38 bits per heavy atom. The van der Waals surface area contributed by atoms with Crippen LogP contribution in [0.15, 0.2) is 24.3 Å². The minimum Gasteiger partial charge on any atom is -0.309 e. The molecule has 1 nitrogen and oxygen atoms in total. The molecule has 0 saturated carbocycles. The lowest BCUT2D eigenvalue weighted by atomic mass is 10.0. The van der Waals surface area contributed by atoms with Crippen molar-refractivity contribution in [1.29, 1.82) is 0 Å². The van der Waals surface area contributed by atoms with Crippen molar-refractivity contribution in [3.63, 3.8) is 0 Å². The first-order valence-electron chi connectivity index (χ1n) is 4.50. The fourth-order valence-electron chi connectivity index (χ4n) is 1.47. The van der Waals surface area contributed by atoms with Crippen LogP contribution in [0.3, 0.4) is 0 Å². The van der Waals surface area contributed by atoms with Gasteiger partial charge in [-0.2, -0.15) is 0 Å². The number of hydrogen-bond acceptors (Lipinski definition) is 1. The van der Waals surface area contributed by atoms with E-state index in [1.807, 2.05) is 18.2 Å². The zero-order chi connectivity index (χ0) is 9.84. The van der Waals surface area contributed by atoms with Gasteiger partial charge in [-0.15, -0.1) is 0 Å². The highest BCUT2D eigenvalue weighted by Crippen LogP contribution is 2.19. The molecule has 0 aliphatic carbocycles. The van der Waals surface area contributed by atoms with Crippen LogP contribution in [0.2, 0.25) is 5.02 Å². The molecule has 0 radical (unpaired) electrons. The second-order valence-corrected chi connectivity index (χ2v) is 4.15. The Balaban J connectivity index is 2.71. The lowest BCUT2D eigenvalue weighted by molar-refractivity contribution is 0.383. The van der Waals surface area contributed by atoms with Gasteiger partial charge < -0.3 is 4.90 Å². The molecule has 0 aliphatic rings. The molecule has 72 valence electrons. The van der Waals surface area contributed by atoms with Gasteiger partial charge in [0.15, 0.2) is 0 Å². The summed E-state index contributed by atoms with van der Waals surface area (Å²) in [6, 6.07) is 8.08. The third-order valence-electron chi connectivity index (χ3n) is 2.06. The first kappa shape index (κ1) is 10.6. The van der Waals surface area contributed by atoms with Crippen LogP contribution < -0.4 is 0 Å². The molecule has 0 fully saturated rings. The summed E-state index contributed by atoms with van der Waals surface area (Å²) in [6.45, 7) is 3.27. The van der Waals surface area contributed by atoms with Gasteiger partial charge in [-0.3, -0.25) is 0 Å². The van der Waals surface area contributed by atoms with Crippen LogP contribution in [0.4, 0.5) is 0 Å². The molecule has 1 atom stereocenters. The number of halogens is 1. The third kappa shape index (κ3) is 3.37. The van der Waals surface area contributed by atoms with Crippen molar-refractivity contribution < 1.29 is 0 Å². The Kier molecular flexibility index (Phi) is 3.76. The summed E-state index contributed by atoms with van der Waals surface area (Å²) in [5.74, 6) is 0.536. The number of rotatable bonds is 3. The van der Waals surface area contributed by atoms with Gasteiger partial charge in [0, 0.05) is 11.6 Å². The zero-order valence-corrected chi connectivity index (χ0v) is 9.17. The number of benzene rings is 1. The molecule has 0 spiro atoms. The summed E-state index contributed by atoms with van der Waals surface area (Å²) in [6.07, 6.45) is 0. The van der Waals surface area contributed by atoms with Crippen LogP contribution in [0.25, 0.3) is 0 Å². The van der Waals surface area contributed by atoms with Crippen LogP contribution in [-0.4, -0.2) is 25.5 Å². The lowest BCUT2D eigenvalue weighted by Gasteiger charge is -2.17. The molecule has 1 rings (SSSR count). The van der Waals surface area contributed by atoms with Gasteiger partial charge in [-0.05, 0) is 37.7 Å². The van der Waals surface area contributed by atoms with E-state index in [9.17, 15) is 0 Å². The Hall–Kier alpha value is -0.530. The van der Waals surface area contributed by atoms with Crippen LogP contribution >= 0.6 is 11.6 Å². The Morgan fingerprint density at radius 2 is 2.08 bits per heavy atom. The van der Waals surface area contributed by atoms with E-state index in [2.05, 4.69) is 32.0 Å². The molecule has 0 bridgehead atoms. The quantitative estimate of drug-likeness (QED) is 0.720. The standard InChI is InChI=1S/C11H16ClN/c1-9(8-13(2)3)10-5-4-6-11(12)7-10/h4-7,9H,8H2,1-3H3. The first-order valence-corrected chi connectivity index (χ1v) is 4.87. The predicted molar refractivity (Wildman–Crippen MR) is 58.4 cm³/mol. The Morgan fingerprint density at radius 3 is 2.62 bits per heavy atom. The average molecular weight is 198 g/mol. The smallest absolute Gasteiger partial charge is 0.0408 e. The highest BCUT2D eigenvalue weighted by molar-refractivity contribution is 6.30. The summed E-state index contributed by atoms with van der Waals surface area (Å²) < 4.78 is 0. The topological polar surface area (TPSA) is 3.24 Å². The maximum absolute atomic E-state index is 5.91. The third-order valence-corrected chi connectivity index (χ3v) is 2.29. The highest BCUT2D eigenvalue weighted by atomic mass is 35.5. The van der Waals surface area contributed by atoms with Gasteiger partial charge in [0.05, 0.1) is 0 Å². The summed E-state index contributed by atoms with van der Waals surface area (Å²) in [4.78, 5) is 2.19.